The Morgan fingerprint density at radius 2 is 1.97 bits per heavy atom. The molecule has 2 aromatic rings. The predicted octanol–water partition coefficient (Wildman–Crippen LogP) is 2.47. The largest absolute Gasteiger partial charge is 0.391 e. The number of hydrogen-bond donors (Lipinski definition) is 1. The van der Waals surface area contributed by atoms with E-state index in [0.717, 1.165) is 21.7 Å². The third kappa shape index (κ3) is 6.08. The average Bonchev–Trinajstić information content (AvgIpc) is 3.45. The van der Waals surface area contributed by atoms with Crippen LogP contribution in [0.15, 0.2) is 29.8 Å². The van der Waals surface area contributed by atoms with Crippen LogP contribution >= 0.6 is 11.3 Å². The lowest BCUT2D eigenvalue weighted by Crippen LogP contribution is -2.51. The van der Waals surface area contributed by atoms with Gasteiger partial charge >= 0.3 is 0 Å². The first kappa shape index (κ1) is 26.0. The molecule has 1 aromatic heterocycles. The van der Waals surface area contributed by atoms with Crippen molar-refractivity contribution < 1.29 is 24.2 Å². The second-order valence-corrected chi connectivity index (χ2v) is 9.60. The number of ketones is 1. The van der Waals surface area contributed by atoms with Gasteiger partial charge in [-0.05, 0) is 31.4 Å². The molecule has 0 unspecified atom stereocenters. The smallest absolute Gasteiger partial charge is 0.245 e. The van der Waals surface area contributed by atoms with E-state index in [-0.39, 0.29) is 50.0 Å². The van der Waals surface area contributed by atoms with Crippen LogP contribution in [-0.4, -0.2) is 83.0 Å². The van der Waals surface area contributed by atoms with Crippen molar-refractivity contribution in [1.29, 1.82) is 0 Å². The van der Waals surface area contributed by atoms with Crippen molar-refractivity contribution in [3.05, 3.63) is 41.0 Å². The lowest BCUT2D eigenvalue weighted by atomic mass is 10.00. The summed E-state index contributed by atoms with van der Waals surface area (Å²) < 4.78 is 4.94. The number of thiazole rings is 1. The lowest BCUT2D eigenvalue weighted by Gasteiger charge is -2.31. The first-order valence-electron chi connectivity index (χ1n) is 11.5. The van der Waals surface area contributed by atoms with Crippen molar-refractivity contribution in [3.63, 3.8) is 0 Å². The fourth-order valence-electron chi connectivity index (χ4n) is 4.19. The monoisotopic (exact) mass is 487 g/mol. The number of nitrogens with zero attached hydrogens (tertiary/aromatic N) is 3. The number of aromatic nitrogens is 1. The summed E-state index contributed by atoms with van der Waals surface area (Å²) in [7, 11) is 3.08. The van der Waals surface area contributed by atoms with E-state index in [4.69, 9.17) is 4.74 Å². The van der Waals surface area contributed by atoms with E-state index in [9.17, 15) is 19.5 Å². The maximum Gasteiger partial charge on any atom is 0.245 e. The summed E-state index contributed by atoms with van der Waals surface area (Å²) in [5.41, 5.74) is 4.96. The number of aliphatic hydroxyl groups is 1. The van der Waals surface area contributed by atoms with Gasteiger partial charge in [0.2, 0.25) is 11.8 Å². The fraction of sp³-hybridized carbons (Fsp3) is 0.520. The van der Waals surface area contributed by atoms with Crippen LogP contribution in [0, 0.1) is 6.92 Å². The molecule has 0 saturated carbocycles. The molecule has 3 rings (SSSR count). The third-order valence-corrected chi connectivity index (χ3v) is 7.38. The van der Waals surface area contributed by atoms with Crippen molar-refractivity contribution in [2.75, 3.05) is 27.3 Å². The number of likely N-dealkylation sites (tertiary alicyclic amines) is 1. The average molecular weight is 488 g/mol. The number of carbonyl (C=O) groups is 3. The topological polar surface area (TPSA) is 100 Å². The van der Waals surface area contributed by atoms with E-state index in [2.05, 4.69) is 4.98 Å². The van der Waals surface area contributed by atoms with Crippen molar-refractivity contribution in [2.24, 2.45) is 0 Å². The zero-order valence-electron chi connectivity index (χ0n) is 20.2. The van der Waals surface area contributed by atoms with Gasteiger partial charge in [-0.25, -0.2) is 4.98 Å². The molecule has 9 heteroatoms. The standard InChI is InChI=1S/C25H33N3O5S/c1-16-24(34-15-26-16)19-8-5-18(6-9-19)7-10-22(30)21-13-20(29)14-28(21)25(32)17(2)27(3)23(31)11-12-33-4/h5-6,8-9,15,17,20-21,29H,7,10-14H2,1-4H3/t17-,20+,21-/m0/s1. The molecule has 0 bridgehead atoms. The molecule has 1 N–H and O–H groups in total. The molecule has 2 amide bonds. The van der Waals surface area contributed by atoms with Crippen LogP contribution in [0.2, 0.25) is 0 Å². The number of β-amino-alcohol motifs (C(OH)–C–C–N with tert-alkyl or cyclic N) is 1. The van der Waals surface area contributed by atoms with Crippen LogP contribution < -0.4 is 0 Å². The van der Waals surface area contributed by atoms with Crippen molar-refractivity contribution in [1.82, 2.24) is 14.8 Å². The van der Waals surface area contributed by atoms with Crippen molar-refractivity contribution in [3.8, 4) is 10.4 Å². The number of methoxy groups -OCH3 is 1. The van der Waals surface area contributed by atoms with E-state index in [1.807, 2.05) is 36.7 Å². The number of likely N-dealkylation sites (N-methyl/N-ethyl adjacent to an activating group) is 1. The molecule has 0 aliphatic carbocycles. The molecule has 3 atom stereocenters. The molecule has 0 radical (unpaired) electrons. The zero-order chi connectivity index (χ0) is 24.8. The van der Waals surface area contributed by atoms with Gasteiger partial charge in [-0.2, -0.15) is 0 Å². The van der Waals surface area contributed by atoms with Gasteiger partial charge in [0.25, 0.3) is 0 Å². The van der Waals surface area contributed by atoms with Crippen LogP contribution in [0.4, 0.5) is 0 Å². The van der Waals surface area contributed by atoms with Gasteiger partial charge < -0.3 is 19.6 Å². The molecular formula is C25H33N3O5S. The summed E-state index contributed by atoms with van der Waals surface area (Å²) in [6.45, 7) is 4.00. The second kappa shape index (κ2) is 11.7. The third-order valence-electron chi connectivity index (χ3n) is 6.41. The maximum absolute atomic E-state index is 13.1. The molecular weight excluding hydrogens is 454 g/mol. The minimum atomic E-state index is -0.749. The summed E-state index contributed by atoms with van der Waals surface area (Å²) in [4.78, 5) is 46.7. The highest BCUT2D eigenvalue weighted by Crippen LogP contribution is 2.28. The van der Waals surface area contributed by atoms with Crippen LogP contribution in [0.5, 0.6) is 0 Å². The van der Waals surface area contributed by atoms with Crippen molar-refractivity contribution in [2.45, 2.75) is 57.7 Å². The number of benzene rings is 1. The number of amides is 2. The number of Topliss-reactive ketones (excluding diaryl/α,β-unsaturated/α-hetero) is 1. The van der Waals surface area contributed by atoms with E-state index < -0.39 is 18.2 Å². The summed E-state index contributed by atoms with van der Waals surface area (Å²) in [5.74, 6) is -0.609. The SMILES string of the molecule is COCCC(=O)N(C)[C@@H](C)C(=O)N1C[C@H](O)C[C@H]1C(=O)CCc1ccc(-c2scnc2C)cc1. The molecule has 1 fully saturated rings. The predicted molar refractivity (Wildman–Crippen MR) is 130 cm³/mol. The van der Waals surface area contributed by atoms with E-state index >= 15 is 0 Å². The molecule has 1 aliphatic heterocycles. The highest BCUT2D eigenvalue weighted by molar-refractivity contribution is 7.13. The number of aryl methyl sites for hydroxylation is 2. The van der Waals surface area contributed by atoms with Crippen LogP contribution in [0.25, 0.3) is 10.4 Å². The second-order valence-electron chi connectivity index (χ2n) is 8.75. The summed E-state index contributed by atoms with van der Waals surface area (Å²) in [5, 5.41) is 10.2. The number of carbonyl (C=O) groups excluding carboxylic acids is 3. The molecule has 2 heterocycles. The zero-order valence-corrected chi connectivity index (χ0v) is 21.0. The molecule has 34 heavy (non-hydrogen) atoms. The quantitative estimate of drug-likeness (QED) is 0.553. The molecule has 184 valence electrons. The van der Waals surface area contributed by atoms with Gasteiger partial charge in [0, 0.05) is 33.5 Å². The first-order valence-corrected chi connectivity index (χ1v) is 12.4. The van der Waals surface area contributed by atoms with Gasteiger partial charge in [0.15, 0.2) is 5.78 Å². The Kier molecular flexibility index (Phi) is 8.93. The van der Waals surface area contributed by atoms with Crippen LogP contribution in [0.1, 0.15) is 37.4 Å². The van der Waals surface area contributed by atoms with Crippen LogP contribution in [0.3, 0.4) is 0 Å². The Labute approximate surface area is 204 Å². The molecule has 1 aromatic carbocycles. The molecule has 0 spiro atoms. The summed E-state index contributed by atoms with van der Waals surface area (Å²) >= 11 is 1.60. The Hall–Kier alpha value is -2.62. The van der Waals surface area contributed by atoms with Gasteiger partial charge in [-0.1, -0.05) is 24.3 Å². The van der Waals surface area contributed by atoms with Gasteiger partial charge in [-0.3, -0.25) is 14.4 Å². The molecule has 1 aliphatic rings. The lowest BCUT2D eigenvalue weighted by molar-refractivity contribution is -0.146. The Morgan fingerprint density at radius 1 is 1.26 bits per heavy atom. The van der Waals surface area contributed by atoms with E-state index in [0.29, 0.717) is 6.42 Å². The van der Waals surface area contributed by atoms with Gasteiger partial charge in [0.1, 0.15) is 6.04 Å². The maximum atomic E-state index is 13.1. The minimum absolute atomic E-state index is 0.0761. The van der Waals surface area contributed by atoms with E-state index in [1.54, 1.807) is 25.3 Å². The minimum Gasteiger partial charge on any atom is -0.391 e. The summed E-state index contributed by atoms with van der Waals surface area (Å²) in [6, 6.07) is 6.69. The van der Waals surface area contributed by atoms with Gasteiger partial charge in [0.05, 0.1) is 41.3 Å². The van der Waals surface area contributed by atoms with Crippen LogP contribution in [-0.2, 0) is 25.5 Å². The number of hydrogen-bond acceptors (Lipinski definition) is 7. The number of rotatable bonds is 10. The number of aliphatic hydroxyl groups excluding tert-OH is 1. The Balaban J connectivity index is 1.60. The Bertz CT molecular complexity index is 1010. The highest BCUT2D eigenvalue weighted by atomic mass is 32.1. The first-order chi connectivity index (χ1) is 16.2. The molecule has 8 nitrogen and oxygen atoms in total. The fourth-order valence-corrected chi connectivity index (χ4v) is 5.00. The van der Waals surface area contributed by atoms with Crippen molar-refractivity contribution >= 4 is 28.9 Å². The highest BCUT2D eigenvalue weighted by Gasteiger charge is 2.40. The summed E-state index contributed by atoms with van der Waals surface area (Å²) in [6.07, 6.45) is 0.484. The van der Waals surface area contributed by atoms with Gasteiger partial charge in [-0.15, -0.1) is 11.3 Å². The molecule has 1 saturated heterocycles. The van der Waals surface area contributed by atoms with E-state index in [1.165, 1.54) is 16.9 Å². The number of ether oxygens (including phenoxy) is 1. The normalized spacial score (nSPS) is 18.7. The Morgan fingerprint density at radius 3 is 2.59 bits per heavy atom.